The van der Waals surface area contributed by atoms with E-state index in [2.05, 4.69) is 4.90 Å². The Labute approximate surface area is 91.7 Å². The standard InChI is InChI=1S/C10H20N2O2S/c11-9-3-5-12(6-4-9)10-2-1-7-15(13,14)8-10/h9-10H,1-8,11H2. The minimum atomic E-state index is -2.77. The third-order valence-corrected chi connectivity index (χ3v) is 5.33. The van der Waals surface area contributed by atoms with Crippen LogP contribution in [-0.2, 0) is 9.84 Å². The van der Waals surface area contributed by atoms with Gasteiger partial charge in [0, 0.05) is 12.1 Å². The Kier molecular flexibility index (Phi) is 3.33. The zero-order valence-electron chi connectivity index (χ0n) is 9.06. The molecular formula is C10H20N2O2S. The van der Waals surface area contributed by atoms with Gasteiger partial charge >= 0.3 is 0 Å². The average molecular weight is 232 g/mol. The first-order chi connectivity index (χ1) is 7.07. The number of hydrogen-bond acceptors (Lipinski definition) is 4. The lowest BCUT2D eigenvalue weighted by Crippen LogP contribution is -2.49. The molecule has 88 valence electrons. The van der Waals surface area contributed by atoms with Crippen molar-refractivity contribution >= 4 is 9.84 Å². The highest BCUT2D eigenvalue weighted by molar-refractivity contribution is 7.91. The van der Waals surface area contributed by atoms with Gasteiger partial charge in [-0.05, 0) is 38.8 Å². The van der Waals surface area contributed by atoms with Gasteiger partial charge in [-0.3, -0.25) is 4.90 Å². The fourth-order valence-electron chi connectivity index (χ4n) is 2.57. The largest absolute Gasteiger partial charge is 0.328 e. The van der Waals surface area contributed by atoms with Gasteiger partial charge in [-0.1, -0.05) is 0 Å². The predicted octanol–water partition coefficient (Wildman–Crippen LogP) is -0.0133. The lowest BCUT2D eigenvalue weighted by atomic mass is 10.0. The Bertz CT molecular complexity index is 307. The summed E-state index contributed by atoms with van der Waals surface area (Å²) in [5, 5.41) is 0. The fourth-order valence-corrected chi connectivity index (χ4v) is 4.31. The van der Waals surface area contributed by atoms with Crippen molar-refractivity contribution in [2.75, 3.05) is 24.6 Å². The highest BCUT2D eigenvalue weighted by Crippen LogP contribution is 2.20. The van der Waals surface area contributed by atoms with Crippen molar-refractivity contribution in [3.05, 3.63) is 0 Å². The summed E-state index contributed by atoms with van der Waals surface area (Å²) in [5.41, 5.74) is 5.83. The second-order valence-corrected chi connectivity index (χ2v) is 7.01. The van der Waals surface area contributed by atoms with Crippen LogP contribution in [0.3, 0.4) is 0 Å². The molecule has 0 amide bonds. The third-order valence-electron chi connectivity index (χ3n) is 3.53. The Balaban J connectivity index is 1.93. The van der Waals surface area contributed by atoms with Gasteiger partial charge in [0.2, 0.25) is 0 Å². The van der Waals surface area contributed by atoms with E-state index >= 15 is 0 Å². The average Bonchev–Trinajstić information content (AvgIpc) is 2.17. The molecule has 2 aliphatic heterocycles. The van der Waals surface area contributed by atoms with Crippen LogP contribution in [-0.4, -0.2) is 50.0 Å². The molecule has 0 bridgehead atoms. The number of piperidine rings is 1. The van der Waals surface area contributed by atoms with E-state index in [1.807, 2.05) is 0 Å². The van der Waals surface area contributed by atoms with Crippen molar-refractivity contribution < 1.29 is 8.42 Å². The van der Waals surface area contributed by atoms with Crippen LogP contribution >= 0.6 is 0 Å². The van der Waals surface area contributed by atoms with Gasteiger partial charge in [0.25, 0.3) is 0 Å². The van der Waals surface area contributed by atoms with Gasteiger partial charge in [0.15, 0.2) is 9.84 Å². The van der Waals surface area contributed by atoms with Gasteiger partial charge < -0.3 is 5.73 Å². The molecule has 5 heteroatoms. The van der Waals surface area contributed by atoms with E-state index in [-0.39, 0.29) is 6.04 Å². The lowest BCUT2D eigenvalue weighted by molar-refractivity contribution is 0.154. The number of nitrogens with zero attached hydrogens (tertiary/aromatic N) is 1. The first-order valence-electron chi connectivity index (χ1n) is 5.77. The fraction of sp³-hybridized carbons (Fsp3) is 1.00. The first-order valence-corrected chi connectivity index (χ1v) is 7.59. The second-order valence-electron chi connectivity index (χ2n) is 4.78. The Morgan fingerprint density at radius 2 is 1.80 bits per heavy atom. The molecule has 0 spiro atoms. The van der Waals surface area contributed by atoms with E-state index in [9.17, 15) is 8.42 Å². The molecule has 2 N–H and O–H groups in total. The van der Waals surface area contributed by atoms with Crippen molar-refractivity contribution in [3.63, 3.8) is 0 Å². The molecule has 1 unspecified atom stereocenters. The summed E-state index contributed by atoms with van der Waals surface area (Å²) in [6.07, 6.45) is 3.89. The molecular weight excluding hydrogens is 212 g/mol. The molecule has 1 atom stereocenters. The molecule has 2 heterocycles. The van der Waals surface area contributed by atoms with Gasteiger partial charge in [-0.25, -0.2) is 8.42 Å². The summed E-state index contributed by atoms with van der Waals surface area (Å²) in [5.74, 6) is 0.749. The van der Waals surface area contributed by atoms with Crippen molar-refractivity contribution in [3.8, 4) is 0 Å². The summed E-state index contributed by atoms with van der Waals surface area (Å²) >= 11 is 0. The highest BCUT2D eigenvalue weighted by atomic mass is 32.2. The number of likely N-dealkylation sites (tertiary alicyclic amines) is 1. The second kappa shape index (κ2) is 4.39. The highest BCUT2D eigenvalue weighted by Gasteiger charge is 2.30. The van der Waals surface area contributed by atoms with Gasteiger partial charge in [-0.15, -0.1) is 0 Å². The van der Waals surface area contributed by atoms with Crippen LogP contribution in [0, 0.1) is 0 Å². The molecule has 2 saturated heterocycles. The summed E-state index contributed by atoms with van der Waals surface area (Å²) in [6, 6.07) is 0.581. The number of hydrogen-bond donors (Lipinski definition) is 1. The van der Waals surface area contributed by atoms with Crippen molar-refractivity contribution in [1.29, 1.82) is 0 Å². The first kappa shape index (κ1) is 11.4. The molecule has 0 aliphatic carbocycles. The maximum Gasteiger partial charge on any atom is 0.151 e. The van der Waals surface area contributed by atoms with E-state index in [4.69, 9.17) is 5.73 Å². The quantitative estimate of drug-likeness (QED) is 0.690. The molecule has 0 aromatic rings. The van der Waals surface area contributed by atoms with Crippen molar-refractivity contribution in [2.24, 2.45) is 5.73 Å². The molecule has 0 aromatic carbocycles. The van der Waals surface area contributed by atoms with Crippen LogP contribution in [0.25, 0.3) is 0 Å². The SMILES string of the molecule is NC1CCN(C2CCCS(=O)(=O)C2)CC1. The maximum absolute atomic E-state index is 11.5. The monoisotopic (exact) mass is 232 g/mol. The molecule has 15 heavy (non-hydrogen) atoms. The van der Waals surface area contributed by atoms with Crippen LogP contribution in [0.15, 0.2) is 0 Å². The molecule has 0 saturated carbocycles. The smallest absolute Gasteiger partial charge is 0.151 e. The summed E-state index contributed by atoms with van der Waals surface area (Å²) in [4.78, 5) is 2.32. The topological polar surface area (TPSA) is 63.4 Å². The molecule has 2 aliphatic rings. The summed E-state index contributed by atoms with van der Waals surface area (Å²) in [7, 11) is -2.77. The van der Waals surface area contributed by atoms with E-state index in [1.54, 1.807) is 0 Å². The van der Waals surface area contributed by atoms with Crippen LogP contribution in [0.2, 0.25) is 0 Å². The zero-order chi connectivity index (χ0) is 10.9. The molecule has 2 fully saturated rings. The maximum atomic E-state index is 11.5. The molecule has 0 aromatic heterocycles. The summed E-state index contributed by atoms with van der Waals surface area (Å²) in [6.45, 7) is 1.95. The number of nitrogens with two attached hydrogens (primary N) is 1. The van der Waals surface area contributed by atoms with E-state index < -0.39 is 9.84 Å². The molecule has 2 rings (SSSR count). The summed E-state index contributed by atoms with van der Waals surface area (Å²) < 4.78 is 23.0. The lowest BCUT2D eigenvalue weighted by Gasteiger charge is -2.38. The van der Waals surface area contributed by atoms with Gasteiger partial charge in [0.05, 0.1) is 11.5 Å². The zero-order valence-corrected chi connectivity index (χ0v) is 9.88. The van der Waals surface area contributed by atoms with E-state index in [0.717, 1.165) is 38.8 Å². The van der Waals surface area contributed by atoms with E-state index in [0.29, 0.717) is 17.5 Å². The third kappa shape index (κ3) is 2.92. The number of sulfone groups is 1. The van der Waals surface area contributed by atoms with Crippen LogP contribution in [0.1, 0.15) is 25.7 Å². The van der Waals surface area contributed by atoms with Crippen LogP contribution in [0.5, 0.6) is 0 Å². The van der Waals surface area contributed by atoms with Gasteiger partial charge in [0.1, 0.15) is 0 Å². The van der Waals surface area contributed by atoms with E-state index in [1.165, 1.54) is 0 Å². The van der Waals surface area contributed by atoms with Crippen molar-refractivity contribution in [1.82, 2.24) is 4.90 Å². The minimum Gasteiger partial charge on any atom is -0.328 e. The number of rotatable bonds is 1. The normalized spacial score (nSPS) is 34.1. The van der Waals surface area contributed by atoms with Gasteiger partial charge in [-0.2, -0.15) is 0 Å². The van der Waals surface area contributed by atoms with Crippen LogP contribution < -0.4 is 5.73 Å². The molecule has 4 nitrogen and oxygen atoms in total. The predicted molar refractivity (Wildman–Crippen MR) is 60.5 cm³/mol. The Morgan fingerprint density at radius 3 is 2.40 bits per heavy atom. The Morgan fingerprint density at radius 1 is 1.13 bits per heavy atom. The van der Waals surface area contributed by atoms with Crippen LogP contribution in [0.4, 0.5) is 0 Å². The van der Waals surface area contributed by atoms with Crippen molar-refractivity contribution in [2.45, 2.75) is 37.8 Å². The Hall–Kier alpha value is -0.130. The molecule has 0 radical (unpaired) electrons. The minimum absolute atomic E-state index is 0.260.